The van der Waals surface area contributed by atoms with E-state index in [2.05, 4.69) is 0 Å². The molecule has 156 valence electrons. The number of aryl methyl sites for hydroxylation is 1. The number of carbonyl (C=O) groups is 1. The van der Waals surface area contributed by atoms with Crippen molar-refractivity contribution < 1.29 is 23.7 Å². The molecule has 3 rings (SSSR count). The SMILES string of the molecule is CCOc1cc(C(=O)N2CCO[C@@H](COc3ccc(Cl)c(C)c3)C2)ccc1OC. The Bertz CT molecular complexity index is 857. The molecule has 1 fully saturated rings. The zero-order chi connectivity index (χ0) is 20.8. The molecule has 2 aromatic rings. The summed E-state index contributed by atoms with van der Waals surface area (Å²) < 4.78 is 22.5. The number of amides is 1. The van der Waals surface area contributed by atoms with Crippen LogP contribution < -0.4 is 14.2 Å². The third kappa shape index (κ3) is 5.34. The fourth-order valence-corrected chi connectivity index (χ4v) is 3.28. The Morgan fingerprint density at radius 3 is 2.76 bits per heavy atom. The van der Waals surface area contributed by atoms with Crippen molar-refractivity contribution in [3.05, 3.63) is 52.5 Å². The van der Waals surface area contributed by atoms with Crippen molar-refractivity contribution in [1.29, 1.82) is 0 Å². The van der Waals surface area contributed by atoms with Crippen LogP contribution in [-0.2, 0) is 4.74 Å². The first-order valence-corrected chi connectivity index (χ1v) is 10.00. The van der Waals surface area contributed by atoms with Gasteiger partial charge in [0.25, 0.3) is 5.91 Å². The number of morpholine rings is 1. The van der Waals surface area contributed by atoms with E-state index in [1.54, 1.807) is 30.2 Å². The molecular weight excluding hydrogens is 394 g/mol. The number of carbonyl (C=O) groups excluding carboxylic acids is 1. The van der Waals surface area contributed by atoms with Crippen LogP contribution in [0.5, 0.6) is 17.2 Å². The summed E-state index contributed by atoms with van der Waals surface area (Å²) in [7, 11) is 1.58. The summed E-state index contributed by atoms with van der Waals surface area (Å²) in [4.78, 5) is 14.8. The van der Waals surface area contributed by atoms with E-state index in [-0.39, 0.29) is 12.0 Å². The van der Waals surface area contributed by atoms with Gasteiger partial charge < -0.3 is 23.8 Å². The lowest BCUT2D eigenvalue weighted by Crippen LogP contribution is -2.47. The van der Waals surface area contributed by atoms with Gasteiger partial charge in [-0.3, -0.25) is 4.79 Å². The van der Waals surface area contributed by atoms with Crippen LogP contribution in [0, 0.1) is 6.92 Å². The van der Waals surface area contributed by atoms with Gasteiger partial charge in [0.1, 0.15) is 18.5 Å². The molecule has 0 unspecified atom stereocenters. The third-order valence-corrected chi connectivity index (χ3v) is 5.13. The molecule has 1 saturated heterocycles. The summed E-state index contributed by atoms with van der Waals surface area (Å²) in [5, 5.41) is 0.703. The number of rotatable bonds is 7. The largest absolute Gasteiger partial charge is 0.493 e. The number of benzene rings is 2. The molecule has 0 aromatic heterocycles. The van der Waals surface area contributed by atoms with E-state index in [4.69, 9.17) is 30.5 Å². The second-order valence-electron chi connectivity index (χ2n) is 6.76. The molecule has 1 aliphatic heterocycles. The van der Waals surface area contributed by atoms with Crippen LogP contribution in [0.15, 0.2) is 36.4 Å². The van der Waals surface area contributed by atoms with E-state index in [9.17, 15) is 4.79 Å². The normalized spacial score (nSPS) is 16.4. The van der Waals surface area contributed by atoms with Crippen LogP contribution in [0.2, 0.25) is 5.02 Å². The molecule has 29 heavy (non-hydrogen) atoms. The maximum Gasteiger partial charge on any atom is 0.254 e. The molecule has 1 amide bonds. The predicted molar refractivity (Wildman–Crippen MR) is 111 cm³/mol. The van der Waals surface area contributed by atoms with Gasteiger partial charge in [-0.2, -0.15) is 0 Å². The van der Waals surface area contributed by atoms with E-state index in [1.165, 1.54) is 0 Å². The molecule has 7 heteroatoms. The van der Waals surface area contributed by atoms with Crippen molar-refractivity contribution in [2.24, 2.45) is 0 Å². The van der Waals surface area contributed by atoms with Crippen molar-refractivity contribution in [2.45, 2.75) is 20.0 Å². The Hall–Kier alpha value is -2.44. The van der Waals surface area contributed by atoms with E-state index in [1.807, 2.05) is 32.0 Å². The first-order valence-electron chi connectivity index (χ1n) is 9.62. The average molecular weight is 420 g/mol. The molecule has 1 heterocycles. The van der Waals surface area contributed by atoms with Crippen molar-refractivity contribution in [3.8, 4) is 17.2 Å². The van der Waals surface area contributed by atoms with Gasteiger partial charge in [0, 0.05) is 17.1 Å². The number of hydrogen-bond donors (Lipinski definition) is 0. The minimum absolute atomic E-state index is 0.0655. The molecular formula is C22H26ClNO5. The van der Waals surface area contributed by atoms with Crippen LogP contribution in [0.4, 0.5) is 0 Å². The number of ether oxygens (including phenoxy) is 4. The highest BCUT2D eigenvalue weighted by molar-refractivity contribution is 6.31. The Morgan fingerprint density at radius 1 is 1.21 bits per heavy atom. The molecule has 1 aliphatic rings. The molecule has 1 atom stereocenters. The first-order chi connectivity index (χ1) is 14.0. The highest BCUT2D eigenvalue weighted by atomic mass is 35.5. The zero-order valence-electron chi connectivity index (χ0n) is 16.9. The van der Waals surface area contributed by atoms with Gasteiger partial charge in [-0.15, -0.1) is 0 Å². The summed E-state index contributed by atoms with van der Waals surface area (Å²) >= 11 is 6.05. The van der Waals surface area contributed by atoms with Gasteiger partial charge in [0.15, 0.2) is 11.5 Å². The van der Waals surface area contributed by atoms with Crippen molar-refractivity contribution in [3.63, 3.8) is 0 Å². The molecule has 0 bridgehead atoms. The van der Waals surface area contributed by atoms with Crippen LogP contribution in [0.25, 0.3) is 0 Å². The predicted octanol–water partition coefficient (Wildman–Crippen LogP) is 3.98. The Kier molecular flexibility index (Phi) is 7.23. The summed E-state index contributed by atoms with van der Waals surface area (Å²) in [6, 6.07) is 10.8. The van der Waals surface area contributed by atoms with Crippen LogP contribution >= 0.6 is 11.6 Å². The molecule has 0 aliphatic carbocycles. The van der Waals surface area contributed by atoms with Gasteiger partial charge in [-0.05, 0) is 55.8 Å². The Morgan fingerprint density at radius 2 is 2.03 bits per heavy atom. The summed E-state index contributed by atoms with van der Waals surface area (Å²) in [5.41, 5.74) is 1.51. The van der Waals surface area contributed by atoms with E-state index >= 15 is 0 Å². The lowest BCUT2D eigenvalue weighted by Gasteiger charge is -2.33. The molecule has 0 saturated carbocycles. The minimum atomic E-state index is -0.201. The van der Waals surface area contributed by atoms with Crippen LogP contribution in [0.3, 0.4) is 0 Å². The van der Waals surface area contributed by atoms with Gasteiger partial charge in [-0.1, -0.05) is 11.6 Å². The second-order valence-corrected chi connectivity index (χ2v) is 7.17. The maximum atomic E-state index is 13.0. The fraction of sp³-hybridized carbons (Fsp3) is 0.409. The smallest absolute Gasteiger partial charge is 0.254 e. The third-order valence-electron chi connectivity index (χ3n) is 4.70. The quantitative estimate of drug-likeness (QED) is 0.679. The van der Waals surface area contributed by atoms with Crippen LogP contribution in [-0.4, -0.2) is 56.9 Å². The summed E-state index contributed by atoms with van der Waals surface area (Å²) in [6.07, 6.45) is -0.201. The van der Waals surface area contributed by atoms with E-state index < -0.39 is 0 Å². The monoisotopic (exact) mass is 419 g/mol. The number of halogens is 1. The first kappa shape index (κ1) is 21.3. The summed E-state index contributed by atoms with van der Waals surface area (Å²) in [6.45, 7) is 6.13. The lowest BCUT2D eigenvalue weighted by molar-refractivity contribution is -0.0401. The molecule has 0 spiro atoms. The molecule has 2 aromatic carbocycles. The van der Waals surface area contributed by atoms with E-state index in [0.717, 1.165) is 11.3 Å². The van der Waals surface area contributed by atoms with Crippen molar-refractivity contribution in [1.82, 2.24) is 4.90 Å². The van der Waals surface area contributed by atoms with Crippen molar-refractivity contribution >= 4 is 17.5 Å². The Balaban J connectivity index is 1.63. The average Bonchev–Trinajstić information content (AvgIpc) is 2.74. The fourth-order valence-electron chi connectivity index (χ4n) is 3.16. The van der Waals surface area contributed by atoms with Gasteiger partial charge >= 0.3 is 0 Å². The topological polar surface area (TPSA) is 57.2 Å². The van der Waals surface area contributed by atoms with Gasteiger partial charge in [0.2, 0.25) is 0 Å². The second kappa shape index (κ2) is 9.85. The number of nitrogens with zero attached hydrogens (tertiary/aromatic N) is 1. The highest BCUT2D eigenvalue weighted by Gasteiger charge is 2.26. The standard InChI is InChI=1S/C22H26ClNO5/c1-4-27-21-12-16(5-8-20(21)26-3)22(25)24-9-10-28-18(13-24)14-29-17-6-7-19(23)15(2)11-17/h5-8,11-12,18H,4,9-10,13-14H2,1-3H3/t18-/m1/s1. The molecule has 6 nitrogen and oxygen atoms in total. The van der Waals surface area contributed by atoms with E-state index in [0.29, 0.717) is 55.0 Å². The Labute approximate surface area is 176 Å². The van der Waals surface area contributed by atoms with Crippen LogP contribution in [0.1, 0.15) is 22.8 Å². The lowest BCUT2D eigenvalue weighted by atomic mass is 10.1. The van der Waals surface area contributed by atoms with Gasteiger partial charge in [0.05, 0.1) is 26.9 Å². The number of hydrogen-bond acceptors (Lipinski definition) is 5. The van der Waals surface area contributed by atoms with Crippen molar-refractivity contribution in [2.75, 3.05) is 40.0 Å². The zero-order valence-corrected chi connectivity index (χ0v) is 17.7. The maximum absolute atomic E-state index is 13.0. The van der Waals surface area contributed by atoms with Gasteiger partial charge in [-0.25, -0.2) is 0 Å². The summed E-state index contributed by atoms with van der Waals surface area (Å²) in [5.74, 6) is 1.83. The molecule has 0 radical (unpaired) electrons. The number of methoxy groups -OCH3 is 1. The minimum Gasteiger partial charge on any atom is -0.493 e. The molecule has 0 N–H and O–H groups in total. The highest BCUT2D eigenvalue weighted by Crippen LogP contribution is 2.29.